The van der Waals surface area contributed by atoms with Gasteiger partial charge >= 0.3 is 0 Å². The third-order valence-corrected chi connectivity index (χ3v) is 2.97. The van der Waals surface area contributed by atoms with Crippen molar-refractivity contribution in [3.8, 4) is 0 Å². The maximum absolute atomic E-state index is 5.70. The lowest BCUT2D eigenvalue weighted by Crippen LogP contribution is -2.20. The zero-order valence-electron chi connectivity index (χ0n) is 9.37. The van der Waals surface area contributed by atoms with Crippen molar-refractivity contribution < 1.29 is 0 Å². The molecule has 3 nitrogen and oxygen atoms in total. The second kappa shape index (κ2) is 4.26. The summed E-state index contributed by atoms with van der Waals surface area (Å²) in [5.74, 6) is 1.84. The van der Waals surface area contributed by atoms with E-state index < -0.39 is 0 Å². The summed E-state index contributed by atoms with van der Waals surface area (Å²) < 4.78 is 0. The molecular weight excluding hydrogens is 222 g/mol. The number of aromatic nitrogens is 3. The van der Waals surface area contributed by atoms with Crippen LogP contribution in [-0.4, -0.2) is 15.2 Å². The van der Waals surface area contributed by atoms with E-state index in [0.717, 1.165) is 5.82 Å². The first-order valence-electron chi connectivity index (χ1n) is 5.18. The zero-order chi connectivity index (χ0) is 11.6. The van der Waals surface area contributed by atoms with Crippen LogP contribution in [0.1, 0.15) is 31.1 Å². The first-order valence-corrected chi connectivity index (χ1v) is 5.71. The second-order valence-electron chi connectivity index (χ2n) is 4.23. The number of halogens is 1. The van der Waals surface area contributed by atoms with Gasteiger partial charge in [0.15, 0.2) is 5.82 Å². The molecule has 1 aromatic carbocycles. The molecule has 16 heavy (non-hydrogen) atoms. The predicted molar refractivity (Wildman–Crippen MR) is 64.5 cm³/mol. The number of benzene rings is 1. The molecule has 2 aromatic rings. The van der Waals surface area contributed by atoms with Crippen LogP contribution in [0.5, 0.6) is 0 Å². The highest BCUT2D eigenvalue weighted by Gasteiger charge is 2.27. The van der Waals surface area contributed by atoms with Crippen LogP contribution in [0.3, 0.4) is 0 Å². The number of nitrogens with one attached hydrogen (secondary N) is 1. The summed E-state index contributed by atoms with van der Waals surface area (Å²) >= 11 is 5.70. The summed E-state index contributed by atoms with van der Waals surface area (Å²) in [5, 5.41) is 7.05. The molecule has 0 radical (unpaired) electrons. The van der Waals surface area contributed by atoms with Crippen molar-refractivity contribution in [1.29, 1.82) is 0 Å². The Labute approximate surface area is 99.9 Å². The van der Waals surface area contributed by atoms with Crippen LogP contribution in [0.25, 0.3) is 0 Å². The fourth-order valence-electron chi connectivity index (χ4n) is 1.62. The molecule has 4 heteroatoms. The Kier molecular flexibility index (Phi) is 2.97. The number of alkyl halides is 1. The Morgan fingerprint density at radius 1 is 1.25 bits per heavy atom. The molecule has 0 aliphatic carbocycles. The minimum absolute atomic E-state index is 0.206. The van der Waals surface area contributed by atoms with Crippen molar-refractivity contribution in [2.45, 2.75) is 25.1 Å². The Morgan fingerprint density at radius 2 is 1.94 bits per heavy atom. The molecule has 0 unspecified atom stereocenters. The fourth-order valence-corrected chi connectivity index (χ4v) is 1.74. The van der Waals surface area contributed by atoms with Crippen LogP contribution < -0.4 is 0 Å². The molecule has 0 aliphatic rings. The summed E-state index contributed by atoms with van der Waals surface area (Å²) in [6.45, 7) is 4.20. The molecule has 0 saturated carbocycles. The molecule has 0 bridgehead atoms. The molecule has 1 heterocycles. The molecule has 1 aromatic heterocycles. The van der Waals surface area contributed by atoms with Gasteiger partial charge in [-0.1, -0.05) is 30.3 Å². The normalized spacial score (nSPS) is 11.7. The van der Waals surface area contributed by atoms with E-state index in [-0.39, 0.29) is 5.41 Å². The minimum atomic E-state index is -0.206. The highest BCUT2D eigenvalue weighted by molar-refractivity contribution is 6.16. The van der Waals surface area contributed by atoms with E-state index in [9.17, 15) is 0 Å². The third-order valence-electron chi connectivity index (χ3n) is 2.71. The van der Waals surface area contributed by atoms with Crippen molar-refractivity contribution >= 4 is 11.6 Å². The first-order chi connectivity index (χ1) is 7.64. The topological polar surface area (TPSA) is 41.6 Å². The lowest BCUT2D eigenvalue weighted by Gasteiger charge is -2.21. The summed E-state index contributed by atoms with van der Waals surface area (Å²) in [5.41, 5.74) is 0.984. The van der Waals surface area contributed by atoms with Crippen LogP contribution in [0.2, 0.25) is 0 Å². The van der Waals surface area contributed by atoms with Gasteiger partial charge < -0.3 is 0 Å². The Bertz CT molecular complexity index is 462. The number of nitrogens with zero attached hydrogens (tertiary/aromatic N) is 2. The average molecular weight is 236 g/mol. The van der Waals surface area contributed by atoms with Crippen molar-refractivity contribution in [3.63, 3.8) is 0 Å². The van der Waals surface area contributed by atoms with Crippen molar-refractivity contribution in [2.24, 2.45) is 0 Å². The zero-order valence-corrected chi connectivity index (χ0v) is 10.1. The molecule has 0 atom stereocenters. The van der Waals surface area contributed by atoms with Gasteiger partial charge in [-0.3, -0.25) is 5.10 Å². The van der Waals surface area contributed by atoms with Crippen LogP contribution in [0, 0.1) is 0 Å². The van der Waals surface area contributed by atoms with E-state index in [2.05, 4.69) is 41.2 Å². The fraction of sp³-hybridized carbons (Fsp3) is 0.333. The number of H-pyrrole nitrogens is 1. The first kappa shape index (κ1) is 11.1. The quantitative estimate of drug-likeness (QED) is 0.832. The van der Waals surface area contributed by atoms with E-state index in [0.29, 0.717) is 11.7 Å². The standard InChI is InChI=1S/C12H14ClN3/c1-12(2,9-6-4-3-5-7-9)11-14-10(8-13)15-16-11/h3-7H,8H2,1-2H3,(H,14,15,16). The van der Waals surface area contributed by atoms with Gasteiger partial charge in [-0.05, 0) is 19.4 Å². The lowest BCUT2D eigenvalue weighted by molar-refractivity contribution is 0.593. The largest absolute Gasteiger partial charge is 0.262 e. The monoisotopic (exact) mass is 235 g/mol. The third kappa shape index (κ3) is 1.95. The Hall–Kier alpha value is -1.35. The van der Waals surface area contributed by atoms with Crippen LogP contribution in [-0.2, 0) is 11.3 Å². The highest BCUT2D eigenvalue weighted by Crippen LogP contribution is 2.28. The maximum Gasteiger partial charge on any atom is 0.160 e. The van der Waals surface area contributed by atoms with Crippen molar-refractivity contribution in [2.75, 3.05) is 0 Å². The van der Waals surface area contributed by atoms with E-state index >= 15 is 0 Å². The van der Waals surface area contributed by atoms with Crippen molar-refractivity contribution in [3.05, 3.63) is 47.5 Å². The number of hydrogen-bond acceptors (Lipinski definition) is 2. The van der Waals surface area contributed by atoms with Crippen LogP contribution >= 0.6 is 11.6 Å². The van der Waals surface area contributed by atoms with Gasteiger partial charge in [-0.25, -0.2) is 4.98 Å². The molecule has 0 aliphatic heterocycles. The second-order valence-corrected chi connectivity index (χ2v) is 4.50. The van der Waals surface area contributed by atoms with E-state index in [1.54, 1.807) is 0 Å². The molecule has 0 saturated heterocycles. The smallest absolute Gasteiger partial charge is 0.160 e. The summed E-state index contributed by atoms with van der Waals surface area (Å²) in [6, 6.07) is 10.2. The minimum Gasteiger partial charge on any atom is -0.262 e. The van der Waals surface area contributed by atoms with E-state index in [4.69, 9.17) is 11.6 Å². The number of hydrogen-bond donors (Lipinski definition) is 1. The van der Waals surface area contributed by atoms with Gasteiger partial charge in [0, 0.05) is 0 Å². The molecule has 1 N–H and O–H groups in total. The SMILES string of the molecule is CC(C)(c1ccccc1)c1n[nH]c(CCl)n1. The Balaban J connectivity index is 2.38. The van der Waals surface area contributed by atoms with Crippen LogP contribution in [0.4, 0.5) is 0 Å². The van der Waals surface area contributed by atoms with Crippen molar-refractivity contribution in [1.82, 2.24) is 15.2 Å². The summed E-state index contributed by atoms with van der Waals surface area (Å²) in [7, 11) is 0. The van der Waals surface area contributed by atoms with E-state index in [1.165, 1.54) is 5.56 Å². The van der Waals surface area contributed by atoms with Gasteiger partial charge in [0.05, 0.1) is 11.3 Å². The molecule has 0 spiro atoms. The average Bonchev–Trinajstić information content (AvgIpc) is 2.79. The maximum atomic E-state index is 5.70. The number of rotatable bonds is 3. The van der Waals surface area contributed by atoms with Gasteiger partial charge in [-0.15, -0.1) is 11.6 Å². The summed E-state index contributed by atoms with van der Waals surface area (Å²) in [6.07, 6.45) is 0. The molecule has 0 amide bonds. The molecular formula is C12H14ClN3. The number of aromatic amines is 1. The van der Waals surface area contributed by atoms with Gasteiger partial charge in [0.2, 0.25) is 0 Å². The lowest BCUT2D eigenvalue weighted by atomic mass is 9.84. The Morgan fingerprint density at radius 3 is 2.50 bits per heavy atom. The van der Waals surface area contributed by atoms with Crippen LogP contribution in [0.15, 0.2) is 30.3 Å². The van der Waals surface area contributed by atoms with Gasteiger partial charge in [0.25, 0.3) is 0 Å². The molecule has 84 valence electrons. The van der Waals surface area contributed by atoms with Gasteiger partial charge in [-0.2, -0.15) is 5.10 Å². The summed E-state index contributed by atoms with van der Waals surface area (Å²) in [4.78, 5) is 4.38. The van der Waals surface area contributed by atoms with E-state index in [1.807, 2.05) is 18.2 Å². The molecule has 0 fully saturated rings. The highest BCUT2D eigenvalue weighted by atomic mass is 35.5. The predicted octanol–water partition coefficient (Wildman–Crippen LogP) is 2.87. The van der Waals surface area contributed by atoms with Gasteiger partial charge in [0.1, 0.15) is 5.82 Å². The molecule has 2 rings (SSSR count).